The number of rotatable bonds is 1. The van der Waals surface area contributed by atoms with Crippen LogP contribution in [-0.4, -0.2) is 20.9 Å². The zero-order valence-corrected chi connectivity index (χ0v) is 6.90. The van der Waals surface area contributed by atoms with Gasteiger partial charge in [-0.2, -0.15) is 0 Å². The first-order valence-electron chi connectivity index (χ1n) is 2.63. The number of nitro groups is 1. The molecule has 0 saturated carbocycles. The molecular formula is C6H5NO2Se. The van der Waals surface area contributed by atoms with E-state index in [0.717, 1.165) is 4.46 Å². The van der Waals surface area contributed by atoms with Gasteiger partial charge in [-0.05, 0) is 0 Å². The van der Waals surface area contributed by atoms with Gasteiger partial charge >= 0.3 is 65.5 Å². The zero-order chi connectivity index (χ0) is 7.56. The fourth-order valence-corrected chi connectivity index (χ4v) is 0.887. The van der Waals surface area contributed by atoms with Crippen LogP contribution in [0.25, 0.3) is 0 Å². The molecule has 0 spiro atoms. The minimum atomic E-state index is -0.410. The molecule has 0 saturated heterocycles. The normalized spacial score (nSPS) is 9.30. The van der Waals surface area contributed by atoms with Crippen molar-refractivity contribution in [2.24, 2.45) is 0 Å². The standard InChI is InChI=1S/C6H5NO2Se/c8-7(9)5-1-3-6(10)4-2-5/h1-4,10H. The van der Waals surface area contributed by atoms with Crippen LogP contribution in [0.2, 0.25) is 0 Å². The van der Waals surface area contributed by atoms with E-state index in [1.807, 2.05) is 0 Å². The molecule has 0 radical (unpaired) electrons. The summed E-state index contributed by atoms with van der Waals surface area (Å²) in [7, 11) is 0. The first kappa shape index (κ1) is 7.25. The van der Waals surface area contributed by atoms with Crippen LogP contribution in [0, 0.1) is 10.1 Å². The average Bonchev–Trinajstić information content (AvgIpc) is 1.88. The Morgan fingerprint density at radius 2 is 1.80 bits per heavy atom. The number of hydrogen-bond acceptors (Lipinski definition) is 2. The van der Waals surface area contributed by atoms with Crippen LogP contribution in [0.1, 0.15) is 0 Å². The molecule has 10 heavy (non-hydrogen) atoms. The molecule has 0 aliphatic rings. The van der Waals surface area contributed by atoms with Gasteiger partial charge in [-0.3, -0.25) is 0 Å². The Hall–Kier alpha value is -0.861. The molecule has 0 aliphatic heterocycles. The van der Waals surface area contributed by atoms with Crippen molar-refractivity contribution < 1.29 is 4.92 Å². The zero-order valence-electron chi connectivity index (χ0n) is 5.02. The topological polar surface area (TPSA) is 43.1 Å². The fourth-order valence-electron chi connectivity index (χ4n) is 0.574. The monoisotopic (exact) mass is 203 g/mol. The number of benzene rings is 1. The van der Waals surface area contributed by atoms with Crippen LogP contribution in [0.15, 0.2) is 24.3 Å². The van der Waals surface area contributed by atoms with Gasteiger partial charge in [-0.25, -0.2) is 0 Å². The molecule has 0 amide bonds. The first-order valence-corrected chi connectivity index (χ1v) is 3.57. The molecule has 1 rings (SSSR count). The van der Waals surface area contributed by atoms with Gasteiger partial charge in [0.25, 0.3) is 0 Å². The van der Waals surface area contributed by atoms with Gasteiger partial charge in [0.05, 0.1) is 0 Å². The van der Waals surface area contributed by atoms with Crippen molar-refractivity contribution >= 4 is 26.2 Å². The molecule has 0 bridgehead atoms. The second-order valence-electron chi connectivity index (χ2n) is 1.77. The van der Waals surface area contributed by atoms with Gasteiger partial charge in [0.1, 0.15) is 0 Å². The Morgan fingerprint density at radius 3 is 2.20 bits per heavy atom. The Kier molecular flexibility index (Phi) is 2.04. The molecule has 52 valence electrons. The van der Waals surface area contributed by atoms with Gasteiger partial charge in [0, 0.05) is 0 Å². The molecule has 0 unspecified atom stereocenters. The second kappa shape index (κ2) is 2.82. The Balaban J connectivity index is 3.00. The third kappa shape index (κ3) is 1.56. The predicted octanol–water partition coefficient (Wildman–Crippen LogP) is 0.121. The van der Waals surface area contributed by atoms with Gasteiger partial charge < -0.3 is 0 Å². The van der Waals surface area contributed by atoms with Crippen LogP contribution in [0.3, 0.4) is 0 Å². The third-order valence-corrected chi connectivity index (χ3v) is 1.69. The average molecular weight is 202 g/mol. The van der Waals surface area contributed by atoms with Crippen molar-refractivity contribution in [3.05, 3.63) is 34.4 Å². The third-order valence-electron chi connectivity index (χ3n) is 1.06. The van der Waals surface area contributed by atoms with Crippen LogP contribution >= 0.6 is 0 Å². The Morgan fingerprint density at radius 1 is 1.30 bits per heavy atom. The fraction of sp³-hybridized carbons (Fsp3) is 0. The number of nitro benzene ring substituents is 1. The van der Waals surface area contributed by atoms with Crippen LogP contribution in [-0.2, 0) is 0 Å². The summed E-state index contributed by atoms with van der Waals surface area (Å²) >= 11 is 2.32. The van der Waals surface area contributed by atoms with E-state index in [2.05, 4.69) is 16.0 Å². The van der Waals surface area contributed by atoms with Crippen LogP contribution in [0.4, 0.5) is 5.69 Å². The quantitative estimate of drug-likeness (QED) is 0.369. The van der Waals surface area contributed by atoms with Gasteiger partial charge in [0.15, 0.2) is 0 Å². The Labute approximate surface area is 66.0 Å². The van der Waals surface area contributed by atoms with Crippen molar-refractivity contribution in [3.8, 4) is 0 Å². The molecule has 3 nitrogen and oxygen atoms in total. The summed E-state index contributed by atoms with van der Waals surface area (Å²) in [6.45, 7) is 0. The van der Waals surface area contributed by atoms with Crippen molar-refractivity contribution in [2.45, 2.75) is 0 Å². The molecule has 0 aromatic heterocycles. The van der Waals surface area contributed by atoms with E-state index in [9.17, 15) is 10.1 Å². The SMILES string of the molecule is O=[N+]([O-])c1ccc([SeH])cc1. The van der Waals surface area contributed by atoms with Gasteiger partial charge in [-0.15, -0.1) is 0 Å². The first-order chi connectivity index (χ1) is 4.70. The number of nitrogens with zero attached hydrogens (tertiary/aromatic N) is 1. The van der Waals surface area contributed by atoms with Crippen molar-refractivity contribution in [3.63, 3.8) is 0 Å². The molecule has 0 fully saturated rings. The molecule has 0 heterocycles. The number of hydrogen-bond donors (Lipinski definition) is 0. The van der Waals surface area contributed by atoms with Crippen molar-refractivity contribution in [1.29, 1.82) is 0 Å². The minimum absolute atomic E-state index is 0.134. The summed E-state index contributed by atoms with van der Waals surface area (Å²) in [6, 6.07) is 6.34. The molecular weight excluding hydrogens is 197 g/mol. The number of non-ortho nitro benzene ring substituents is 1. The van der Waals surface area contributed by atoms with E-state index in [1.165, 1.54) is 12.1 Å². The van der Waals surface area contributed by atoms with Crippen LogP contribution < -0.4 is 4.46 Å². The maximum absolute atomic E-state index is 10.1. The summed E-state index contributed by atoms with van der Waals surface area (Å²) in [5, 5.41) is 10.1. The molecule has 0 atom stereocenters. The van der Waals surface area contributed by atoms with Crippen molar-refractivity contribution in [1.82, 2.24) is 0 Å². The molecule has 4 heteroatoms. The summed E-state index contributed by atoms with van der Waals surface area (Å²) in [5.74, 6) is 0. The summed E-state index contributed by atoms with van der Waals surface area (Å²) in [6.07, 6.45) is 0. The molecule has 0 aliphatic carbocycles. The van der Waals surface area contributed by atoms with E-state index < -0.39 is 4.92 Å². The summed E-state index contributed by atoms with van der Waals surface area (Å²) < 4.78 is 0.970. The maximum atomic E-state index is 10.1. The second-order valence-corrected chi connectivity index (χ2v) is 2.86. The molecule has 1 aromatic rings. The van der Waals surface area contributed by atoms with E-state index in [-0.39, 0.29) is 5.69 Å². The van der Waals surface area contributed by atoms with Gasteiger partial charge in [-0.1, -0.05) is 0 Å². The van der Waals surface area contributed by atoms with Crippen molar-refractivity contribution in [2.75, 3.05) is 0 Å². The predicted molar refractivity (Wildman–Crippen MR) is 39.9 cm³/mol. The van der Waals surface area contributed by atoms with E-state index in [0.29, 0.717) is 0 Å². The molecule has 0 N–H and O–H groups in total. The molecule has 1 aromatic carbocycles. The van der Waals surface area contributed by atoms with E-state index in [1.54, 1.807) is 12.1 Å². The summed E-state index contributed by atoms with van der Waals surface area (Å²) in [5.41, 5.74) is 0.134. The van der Waals surface area contributed by atoms with E-state index in [4.69, 9.17) is 0 Å². The Bertz CT molecular complexity index is 244. The van der Waals surface area contributed by atoms with Crippen LogP contribution in [0.5, 0.6) is 0 Å². The summed E-state index contributed by atoms with van der Waals surface area (Å²) in [4.78, 5) is 9.70. The van der Waals surface area contributed by atoms with Gasteiger partial charge in [0.2, 0.25) is 0 Å². The van der Waals surface area contributed by atoms with E-state index >= 15 is 0 Å².